The van der Waals surface area contributed by atoms with Crippen LogP contribution in [0.15, 0.2) is 158 Å². The Labute approximate surface area is 665 Å². The molecule has 4 aliphatic carbocycles. The van der Waals surface area contributed by atoms with E-state index in [9.17, 15) is 0 Å². The van der Waals surface area contributed by atoms with Crippen molar-refractivity contribution in [2.75, 3.05) is 0 Å². The molecule has 7 aromatic carbocycles. The van der Waals surface area contributed by atoms with Crippen molar-refractivity contribution in [3.05, 3.63) is 247 Å². The van der Waals surface area contributed by atoms with Crippen molar-refractivity contribution in [3.8, 4) is 0 Å². The normalized spacial score (nSPS) is 21.3. The average molecular weight is 1450 g/mol. The molecule has 0 aromatic heterocycles. The van der Waals surface area contributed by atoms with Crippen LogP contribution in [0.3, 0.4) is 0 Å². The third-order valence-electron chi connectivity index (χ3n) is 24.7. The van der Waals surface area contributed by atoms with Crippen molar-refractivity contribution < 1.29 is 0 Å². The third-order valence-corrected chi connectivity index (χ3v) is 24.7. The Bertz CT molecular complexity index is 3330. The molecule has 4 unspecified atom stereocenters. The Hall–Kier alpha value is -5.46. The van der Waals surface area contributed by atoms with E-state index in [4.69, 9.17) is 0 Å². The van der Waals surface area contributed by atoms with Crippen molar-refractivity contribution in [2.24, 2.45) is 52.3 Å². The summed E-state index contributed by atoms with van der Waals surface area (Å²) >= 11 is 0. The lowest BCUT2D eigenvalue weighted by atomic mass is 9.60. The molecule has 4 aliphatic rings. The van der Waals surface area contributed by atoms with Crippen LogP contribution in [-0.2, 0) is 47.3 Å². The molecule has 4 atom stereocenters. The summed E-state index contributed by atoms with van der Waals surface area (Å²) in [4.78, 5) is 0. The molecular weight excluding hydrogens is 1290 g/mol. The first-order valence-corrected chi connectivity index (χ1v) is 43.6. The number of rotatable bonds is 11. The van der Waals surface area contributed by atoms with Crippen LogP contribution in [0.4, 0.5) is 0 Å². The van der Waals surface area contributed by atoms with Gasteiger partial charge < -0.3 is 0 Å². The Balaban J connectivity index is 0.000000260. The summed E-state index contributed by atoms with van der Waals surface area (Å²) in [5, 5.41) is 0. The molecule has 0 radical (unpaired) electrons. The second-order valence-electron chi connectivity index (χ2n) is 40.1. The molecule has 0 amide bonds. The number of hydrogen-bond donors (Lipinski definition) is 0. The zero-order valence-corrected chi connectivity index (χ0v) is 75.3. The van der Waals surface area contributed by atoms with Crippen molar-refractivity contribution in [2.45, 2.75) is 370 Å². The van der Waals surface area contributed by atoms with Gasteiger partial charge in [-0.3, -0.25) is 0 Å². The van der Waals surface area contributed by atoms with E-state index in [2.05, 4.69) is 359 Å². The van der Waals surface area contributed by atoms with Gasteiger partial charge >= 0.3 is 0 Å². The van der Waals surface area contributed by atoms with Crippen LogP contribution in [0.25, 0.3) is 0 Å². The van der Waals surface area contributed by atoms with Crippen LogP contribution in [0.1, 0.15) is 370 Å². The van der Waals surface area contributed by atoms with E-state index in [0.717, 1.165) is 67.1 Å². The molecule has 11 rings (SSSR count). The standard InChI is InChI=1S/C17H20.C15H28.C15H16.2C14H22.C12H24.C10H20.C10H14/c1-12-5-7-16(9-14(12)3)11-17-8-6-13(2)15(4)10-17;2*1-12-3-7-14(8-4-12)11-15-9-5-13(2)6-10-15;1-13(2,3)11-7-9-12(10-8-11)14(4,5)6;1-13(2,3)11-8-7-9-12(10-11)14(4,5)6;1-6-12(5)8-10(2)7-11(3,4)9-12;2*1-3-9-6-5-7-10(4-2)8-9/h5-10H,11H2,1-4H3;12-15H,3-11H2,1-2H3;3-10H,11H2,1-2H3;2*7-10H,1-6H3;10H,6-9H2,1-5H3;9-10H,3-8H2,1-2H3;5-8H,3-4H2,1-2H3. The van der Waals surface area contributed by atoms with E-state index in [0.29, 0.717) is 10.8 Å². The second-order valence-corrected chi connectivity index (χ2v) is 40.1. The van der Waals surface area contributed by atoms with Crippen LogP contribution in [0.5, 0.6) is 0 Å². The van der Waals surface area contributed by atoms with Crippen LogP contribution in [0.2, 0.25) is 0 Å². The predicted octanol–water partition coefficient (Wildman–Crippen LogP) is 32.7. The zero-order chi connectivity index (χ0) is 79.9. The summed E-state index contributed by atoms with van der Waals surface area (Å²) in [6.45, 7) is 66.0. The fourth-order valence-corrected chi connectivity index (χ4v) is 16.9. The van der Waals surface area contributed by atoms with E-state index < -0.39 is 0 Å². The van der Waals surface area contributed by atoms with Gasteiger partial charge in [0.1, 0.15) is 0 Å². The van der Waals surface area contributed by atoms with Gasteiger partial charge in [-0.25, -0.2) is 0 Å². The molecule has 0 N–H and O–H groups in total. The first-order chi connectivity index (χ1) is 50.0. The van der Waals surface area contributed by atoms with Gasteiger partial charge in [-0.05, 0) is 251 Å². The predicted molar refractivity (Wildman–Crippen MR) is 481 cm³/mol. The average Bonchev–Trinajstić information content (AvgIpc) is 0.816. The lowest BCUT2D eigenvalue weighted by Crippen LogP contribution is -2.34. The maximum atomic E-state index is 2.46. The van der Waals surface area contributed by atoms with E-state index in [1.807, 2.05) is 0 Å². The number of benzene rings is 7. The Morgan fingerprint density at radius 3 is 1.01 bits per heavy atom. The largest absolute Gasteiger partial charge is 0.0651 e. The summed E-state index contributed by atoms with van der Waals surface area (Å²) in [5.74, 6) is 7.30. The number of hydrogen-bond acceptors (Lipinski definition) is 0. The molecule has 594 valence electrons. The molecule has 0 heteroatoms. The number of aryl methyl sites for hydroxylation is 8. The lowest BCUT2D eigenvalue weighted by molar-refractivity contribution is 0.0581. The summed E-state index contributed by atoms with van der Waals surface area (Å²) in [6.07, 6.45) is 32.6. The van der Waals surface area contributed by atoms with E-state index in [1.165, 1.54) is 205 Å². The lowest BCUT2D eigenvalue weighted by Gasteiger charge is -2.45. The summed E-state index contributed by atoms with van der Waals surface area (Å²) in [7, 11) is 0. The van der Waals surface area contributed by atoms with Crippen molar-refractivity contribution in [1.82, 2.24) is 0 Å². The molecule has 0 spiro atoms. The van der Waals surface area contributed by atoms with Gasteiger partial charge in [0.05, 0.1) is 0 Å². The zero-order valence-electron chi connectivity index (χ0n) is 75.3. The molecule has 0 saturated heterocycles. The van der Waals surface area contributed by atoms with E-state index >= 15 is 0 Å². The van der Waals surface area contributed by atoms with Gasteiger partial charge in [0.2, 0.25) is 0 Å². The first-order valence-electron chi connectivity index (χ1n) is 43.6. The minimum atomic E-state index is 0.251. The summed E-state index contributed by atoms with van der Waals surface area (Å²) in [6, 6.07) is 57.7. The van der Waals surface area contributed by atoms with Crippen LogP contribution in [0, 0.1) is 93.8 Å². The third kappa shape index (κ3) is 36.5. The van der Waals surface area contributed by atoms with E-state index in [1.54, 1.807) is 6.42 Å². The van der Waals surface area contributed by atoms with Gasteiger partial charge in [0, 0.05) is 0 Å². The fraction of sp³-hybridized carbons (Fsp3) is 0.607. The van der Waals surface area contributed by atoms with Gasteiger partial charge in [-0.2, -0.15) is 0 Å². The van der Waals surface area contributed by atoms with E-state index in [-0.39, 0.29) is 21.7 Å². The Morgan fingerprint density at radius 1 is 0.327 bits per heavy atom. The molecule has 7 aromatic rings. The SMILES string of the molecule is CC(C)(C)c1ccc(C(C)(C)C)cc1.CC(C)(C)c1cccc(C(C)(C)C)c1.CC1CCC(CC2CCC(C)CC2)CC1.CCC1(C)CC(C)CC(C)(C)C1.CCC1CCCC(CC)C1.CCc1cccc(CC)c1.Cc1ccc(Cc2ccc(C)c(C)c2)cc1C.Cc1ccc(Cc2ccc(C)cc2)cc1. The van der Waals surface area contributed by atoms with Crippen LogP contribution in [-0.4, -0.2) is 0 Å². The molecule has 107 heavy (non-hydrogen) atoms. The maximum absolute atomic E-state index is 2.46. The monoisotopic (exact) mass is 1450 g/mol. The highest BCUT2D eigenvalue weighted by Gasteiger charge is 2.38. The van der Waals surface area contributed by atoms with Crippen LogP contribution >= 0.6 is 0 Å². The molecule has 0 nitrogen and oxygen atoms in total. The summed E-state index contributed by atoms with van der Waals surface area (Å²) in [5.41, 5.74) is 24.5. The maximum Gasteiger partial charge on any atom is -0.00256 e. The van der Waals surface area contributed by atoms with Gasteiger partial charge in [-0.1, -0.05) is 418 Å². The Kier molecular flexibility index (Phi) is 39.6. The highest BCUT2D eigenvalue weighted by molar-refractivity contribution is 5.38. The van der Waals surface area contributed by atoms with Crippen molar-refractivity contribution in [3.63, 3.8) is 0 Å². The first kappa shape index (κ1) is 93.9. The summed E-state index contributed by atoms with van der Waals surface area (Å²) < 4.78 is 0. The Morgan fingerprint density at radius 2 is 0.682 bits per heavy atom. The smallest absolute Gasteiger partial charge is 0.00256 e. The highest BCUT2D eigenvalue weighted by Crippen LogP contribution is 2.50. The highest BCUT2D eigenvalue weighted by atomic mass is 14.4. The van der Waals surface area contributed by atoms with Gasteiger partial charge in [0.15, 0.2) is 0 Å². The van der Waals surface area contributed by atoms with Crippen LogP contribution < -0.4 is 0 Å². The molecule has 4 fully saturated rings. The van der Waals surface area contributed by atoms with Gasteiger partial charge in [-0.15, -0.1) is 0 Å². The molecular formula is C107H166. The molecule has 4 saturated carbocycles. The van der Waals surface area contributed by atoms with Gasteiger partial charge in [0.25, 0.3) is 0 Å². The fourth-order valence-electron chi connectivity index (χ4n) is 16.9. The molecule has 0 bridgehead atoms. The van der Waals surface area contributed by atoms with Crippen molar-refractivity contribution >= 4 is 0 Å². The van der Waals surface area contributed by atoms with Crippen molar-refractivity contribution in [1.29, 1.82) is 0 Å². The topological polar surface area (TPSA) is 0 Å². The minimum Gasteiger partial charge on any atom is -0.0651 e. The molecule has 0 heterocycles. The minimum absolute atomic E-state index is 0.251. The molecule has 0 aliphatic heterocycles. The second kappa shape index (κ2) is 45.1. The quantitative estimate of drug-likeness (QED) is 0.121.